The zero-order chi connectivity index (χ0) is 19.1. The van der Waals surface area contributed by atoms with E-state index in [2.05, 4.69) is 15.6 Å². The van der Waals surface area contributed by atoms with Gasteiger partial charge in [-0.25, -0.2) is 9.78 Å². The van der Waals surface area contributed by atoms with Gasteiger partial charge in [-0.3, -0.25) is 4.79 Å². The summed E-state index contributed by atoms with van der Waals surface area (Å²) in [6, 6.07) is 10.2. The highest BCUT2D eigenvalue weighted by Gasteiger charge is 2.16. The fourth-order valence-corrected chi connectivity index (χ4v) is 2.83. The smallest absolute Gasteiger partial charge is 0.340 e. The molecule has 27 heavy (non-hydrogen) atoms. The third kappa shape index (κ3) is 5.04. The molecule has 1 unspecified atom stereocenters. The molecule has 2 heterocycles. The van der Waals surface area contributed by atoms with Gasteiger partial charge in [0.2, 0.25) is 0 Å². The molecule has 7 nitrogen and oxygen atoms in total. The third-order valence-electron chi connectivity index (χ3n) is 4.23. The standard InChI is InChI=1S/C20H23N3O4/c1-2-26-20(25)16-7-3-4-8-17(16)23-19(24)14-9-10-18(21-12-14)22-13-15-6-5-11-27-15/h3-4,7-10,12,15H,2,5-6,11,13H2,1H3,(H,21,22)(H,23,24). The molecule has 0 aliphatic carbocycles. The topological polar surface area (TPSA) is 89.5 Å². The Kier molecular flexibility index (Phi) is 6.38. The van der Waals surface area contributed by atoms with E-state index in [1.165, 1.54) is 6.20 Å². The number of anilines is 2. The minimum Gasteiger partial charge on any atom is -0.462 e. The number of esters is 1. The van der Waals surface area contributed by atoms with Gasteiger partial charge in [0.25, 0.3) is 5.91 Å². The molecule has 1 atom stereocenters. The summed E-state index contributed by atoms with van der Waals surface area (Å²) in [5.41, 5.74) is 1.12. The Morgan fingerprint density at radius 1 is 1.26 bits per heavy atom. The van der Waals surface area contributed by atoms with Crippen molar-refractivity contribution in [2.45, 2.75) is 25.9 Å². The maximum atomic E-state index is 12.5. The highest BCUT2D eigenvalue weighted by molar-refractivity contribution is 6.07. The van der Waals surface area contributed by atoms with Crippen LogP contribution in [0.3, 0.4) is 0 Å². The van der Waals surface area contributed by atoms with Crippen LogP contribution >= 0.6 is 0 Å². The van der Waals surface area contributed by atoms with Crippen molar-refractivity contribution in [3.05, 3.63) is 53.7 Å². The summed E-state index contributed by atoms with van der Waals surface area (Å²) >= 11 is 0. The van der Waals surface area contributed by atoms with Crippen LogP contribution in [0.4, 0.5) is 11.5 Å². The van der Waals surface area contributed by atoms with Crippen LogP contribution in [0.5, 0.6) is 0 Å². The van der Waals surface area contributed by atoms with E-state index < -0.39 is 5.97 Å². The largest absolute Gasteiger partial charge is 0.462 e. The average Bonchev–Trinajstić information content (AvgIpc) is 3.21. The number of carbonyl (C=O) groups excluding carboxylic acids is 2. The SMILES string of the molecule is CCOC(=O)c1ccccc1NC(=O)c1ccc(NCC2CCCO2)nc1. The second kappa shape index (κ2) is 9.14. The first kappa shape index (κ1) is 18.8. The Morgan fingerprint density at radius 3 is 2.81 bits per heavy atom. The Morgan fingerprint density at radius 2 is 2.11 bits per heavy atom. The number of aromatic nitrogens is 1. The Bertz CT molecular complexity index is 786. The van der Waals surface area contributed by atoms with E-state index in [0.717, 1.165) is 19.4 Å². The van der Waals surface area contributed by atoms with Crippen molar-refractivity contribution >= 4 is 23.4 Å². The number of amides is 1. The summed E-state index contributed by atoms with van der Waals surface area (Å²) in [6.07, 6.45) is 3.86. The molecule has 1 amide bonds. The Labute approximate surface area is 158 Å². The first-order valence-electron chi connectivity index (χ1n) is 9.06. The molecule has 0 radical (unpaired) electrons. The Balaban J connectivity index is 1.62. The van der Waals surface area contributed by atoms with E-state index in [4.69, 9.17) is 9.47 Å². The molecular formula is C20H23N3O4. The number of hydrogen-bond acceptors (Lipinski definition) is 6. The molecule has 1 aliphatic heterocycles. The minimum atomic E-state index is -0.472. The van der Waals surface area contributed by atoms with Crippen molar-refractivity contribution in [2.24, 2.45) is 0 Å². The predicted octanol–water partition coefficient (Wildman–Crippen LogP) is 3.10. The van der Waals surface area contributed by atoms with Crippen LogP contribution in [0.1, 0.15) is 40.5 Å². The zero-order valence-corrected chi connectivity index (χ0v) is 15.2. The fraction of sp³-hybridized carbons (Fsp3) is 0.350. The summed E-state index contributed by atoms with van der Waals surface area (Å²) in [4.78, 5) is 28.8. The predicted molar refractivity (Wildman–Crippen MR) is 102 cm³/mol. The molecule has 142 valence electrons. The molecule has 0 bridgehead atoms. The van der Waals surface area contributed by atoms with Gasteiger partial charge >= 0.3 is 5.97 Å². The van der Waals surface area contributed by atoms with Gasteiger partial charge in [0.05, 0.1) is 29.5 Å². The molecule has 1 aromatic heterocycles. The van der Waals surface area contributed by atoms with Gasteiger partial charge in [-0.15, -0.1) is 0 Å². The number of pyridine rings is 1. The lowest BCUT2D eigenvalue weighted by molar-refractivity contribution is 0.0527. The third-order valence-corrected chi connectivity index (χ3v) is 4.23. The second-order valence-corrected chi connectivity index (χ2v) is 6.17. The quantitative estimate of drug-likeness (QED) is 0.729. The van der Waals surface area contributed by atoms with E-state index in [1.807, 2.05) is 0 Å². The molecule has 7 heteroatoms. The second-order valence-electron chi connectivity index (χ2n) is 6.17. The van der Waals surface area contributed by atoms with Gasteiger partial charge in [0.1, 0.15) is 5.82 Å². The van der Waals surface area contributed by atoms with E-state index in [-0.39, 0.29) is 18.6 Å². The minimum absolute atomic E-state index is 0.217. The number of benzene rings is 1. The van der Waals surface area contributed by atoms with Crippen molar-refractivity contribution in [2.75, 3.05) is 30.4 Å². The van der Waals surface area contributed by atoms with Gasteiger partial charge in [0.15, 0.2) is 0 Å². The van der Waals surface area contributed by atoms with Crippen LogP contribution in [0.25, 0.3) is 0 Å². The van der Waals surface area contributed by atoms with E-state index in [1.54, 1.807) is 43.3 Å². The molecule has 1 saturated heterocycles. The van der Waals surface area contributed by atoms with Crippen LogP contribution in [0, 0.1) is 0 Å². The molecule has 2 N–H and O–H groups in total. The van der Waals surface area contributed by atoms with Crippen LogP contribution in [0.15, 0.2) is 42.6 Å². The van der Waals surface area contributed by atoms with Gasteiger partial charge in [-0.2, -0.15) is 0 Å². The highest BCUT2D eigenvalue weighted by Crippen LogP contribution is 2.18. The van der Waals surface area contributed by atoms with E-state index in [0.29, 0.717) is 29.2 Å². The van der Waals surface area contributed by atoms with Gasteiger partial charge < -0.3 is 20.1 Å². The van der Waals surface area contributed by atoms with Crippen LogP contribution in [-0.4, -0.2) is 42.7 Å². The van der Waals surface area contributed by atoms with Crippen molar-refractivity contribution < 1.29 is 19.1 Å². The molecule has 0 spiro atoms. The lowest BCUT2D eigenvalue weighted by Crippen LogP contribution is -2.19. The first-order chi connectivity index (χ1) is 13.2. The normalized spacial score (nSPS) is 16.0. The summed E-state index contributed by atoms with van der Waals surface area (Å²) in [6.45, 7) is 3.52. The lowest BCUT2D eigenvalue weighted by atomic mass is 10.1. The number of hydrogen-bond donors (Lipinski definition) is 2. The summed E-state index contributed by atoms with van der Waals surface area (Å²) in [7, 11) is 0. The van der Waals surface area contributed by atoms with Crippen molar-refractivity contribution in [3.63, 3.8) is 0 Å². The lowest BCUT2D eigenvalue weighted by Gasteiger charge is -2.12. The van der Waals surface area contributed by atoms with Crippen molar-refractivity contribution in [1.82, 2.24) is 4.98 Å². The molecule has 1 aromatic carbocycles. The van der Waals surface area contributed by atoms with Gasteiger partial charge in [-0.1, -0.05) is 12.1 Å². The number of rotatable bonds is 7. The molecule has 1 aliphatic rings. The number of ether oxygens (including phenoxy) is 2. The monoisotopic (exact) mass is 369 g/mol. The maximum absolute atomic E-state index is 12.5. The highest BCUT2D eigenvalue weighted by atomic mass is 16.5. The van der Waals surface area contributed by atoms with Crippen molar-refractivity contribution in [3.8, 4) is 0 Å². The average molecular weight is 369 g/mol. The first-order valence-corrected chi connectivity index (χ1v) is 9.06. The molecule has 1 fully saturated rings. The Hall–Kier alpha value is -2.93. The number of nitrogens with zero attached hydrogens (tertiary/aromatic N) is 1. The number of carbonyl (C=O) groups is 2. The number of nitrogens with one attached hydrogen (secondary N) is 2. The van der Waals surface area contributed by atoms with Crippen LogP contribution in [-0.2, 0) is 9.47 Å². The fourth-order valence-electron chi connectivity index (χ4n) is 2.83. The number of para-hydroxylation sites is 1. The molecule has 3 rings (SSSR count). The van der Waals surface area contributed by atoms with E-state index in [9.17, 15) is 9.59 Å². The van der Waals surface area contributed by atoms with Gasteiger partial charge in [-0.05, 0) is 44.0 Å². The van der Waals surface area contributed by atoms with Crippen molar-refractivity contribution in [1.29, 1.82) is 0 Å². The van der Waals surface area contributed by atoms with Crippen LogP contribution in [0.2, 0.25) is 0 Å². The summed E-state index contributed by atoms with van der Waals surface area (Å²) < 4.78 is 10.6. The van der Waals surface area contributed by atoms with Crippen LogP contribution < -0.4 is 10.6 Å². The zero-order valence-electron chi connectivity index (χ0n) is 15.2. The summed E-state index contributed by atoms with van der Waals surface area (Å²) in [5, 5.41) is 5.95. The molecule has 2 aromatic rings. The van der Waals surface area contributed by atoms with E-state index >= 15 is 0 Å². The maximum Gasteiger partial charge on any atom is 0.340 e. The summed E-state index contributed by atoms with van der Waals surface area (Å²) in [5.74, 6) is -0.126. The van der Waals surface area contributed by atoms with Gasteiger partial charge in [0, 0.05) is 19.3 Å². The molecular weight excluding hydrogens is 346 g/mol. The molecule has 0 saturated carbocycles.